The molecule has 3 aromatic rings. The minimum absolute atomic E-state index is 0.00160. The maximum absolute atomic E-state index is 12.8. The molecular formula is C22H23N5O2. The summed E-state index contributed by atoms with van der Waals surface area (Å²) in [4.78, 5) is 31.0. The summed E-state index contributed by atoms with van der Waals surface area (Å²) in [6.45, 7) is 3.14. The molecule has 1 aromatic carbocycles. The number of nitrogens with zero attached hydrogens (tertiary/aromatic N) is 4. The first kappa shape index (κ1) is 18.9. The van der Waals surface area contributed by atoms with Crippen molar-refractivity contribution in [3.05, 3.63) is 72.3 Å². The number of benzene rings is 1. The number of nitrogens with one attached hydrogen (secondary N) is 1. The molecule has 1 aliphatic heterocycles. The number of carbonyl (C=O) groups is 2. The normalized spacial score (nSPS) is 14.6. The molecule has 0 aliphatic carbocycles. The van der Waals surface area contributed by atoms with E-state index in [1.165, 1.54) is 0 Å². The number of rotatable bonds is 4. The number of piperidine rings is 1. The summed E-state index contributed by atoms with van der Waals surface area (Å²) in [5.41, 5.74) is 3.36. The van der Waals surface area contributed by atoms with Crippen LogP contribution in [-0.4, -0.2) is 44.6 Å². The molecule has 0 spiro atoms. The number of likely N-dealkylation sites (tertiary alicyclic amines) is 1. The minimum Gasteiger partial charge on any atom is -0.339 e. The number of anilines is 1. The number of pyridine rings is 1. The SMILES string of the molecule is Cc1ccnn1-c1ccc(C(=O)N2CCC(C(=O)Nc3ccncc3)CC2)cc1. The van der Waals surface area contributed by atoms with Gasteiger partial charge in [-0.3, -0.25) is 14.6 Å². The Morgan fingerprint density at radius 3 is 2.28 bits per heavy atom. The van der Waals surface area contributed by atoms with Gasteiger partial charge in [-0.15, -0.1) is 0 Å². The summed E-state index contributed by atoms with van der Waals surface area (Å²) >= 11 is 0. The molecular weight excluding hydrogens is 366 g/mol. The predicted octanol–water partition coefficient (Wildman–Crippen LogP) is 3.07. The summed E-state index contributed by atoms with van der Waals surface area (Å²) in [5, 5.41) is 7.21. The Morgan fingerprint density at radius 1 is 0.966 bits per heavy atom. The van der Waals surface area contributed by atoms with Crippen molar-refractivity contribution >= 4 is 17.5 Å². The Bertz CT molecular complexity index is 990. The number of hydrogen-bond donors (Lipinski definition) is 1. The lowest BCUT2D eigenvalue weighted by Crippen LogP contribution is -2.41. The molecule has 1 saturated heterocycles. The lowest BCUT2D eigenvalue weighted by Gasteiger charge is -2.31. The van der Waals surface area contributed by atoms with Crippen molar-refractivity contribution in [3.63, 3.8) is 0 Å². The van der Waals surface area contributed by atoms with Crippen molar-refractivity contribution in [3.8, 4) is 5.69 Å². The first-order valence-electron chi connectivity index (χ1n) is 9.73. The average molecular weight is 389 g/mol. The van der Waals surface area contributed by atoms with Gasteiger partial charge in [0.05, 0.1) is 5.69 Å². The van der Waals surface area contributed by atoms with Gasteiger partial charge in [-0.05, 0) is 62.2 Å². The molecule has 1 aliphatic rings. The van der Waals surface area contributed by atoms with E-state index in [1.54, 1.807) is 30.7 Å². The topological polar surface area (TPSA) is 80.1 Å². The van der Waals surface area contributed by atoms with E-state index in [-0.39, 0.29) is 17.7 Å². The molecule has 3 heterocycles. The van der Waals surface area contributed by atoms with Gasteiger partial charge < -0.3 is 10.2 Å². The molecule has 0 unspecified atom stereocenters. The molecule has 0 atom stereocenters. The van der Waals surface area contributed by atoms with Crippen LogP contribution in [0.25, 0.3) is 5.69 Å². The highest BCUT2D eigenvalue weighted by Gasteiger charge is 2.28. The molecule has 4 rings (SSSR count). The van der Waals surface area contributed by atoms with Gasteiger partial charge in [-0.2, -0.15) is 5.10 Å². The minimum atomic E-state index is -0.0858. The van der Waals surface area contributed by atoms with Crippen LogP contribution >= 0.6 is 0 Å². The second-order valence-corrected chi connectivity index (χ2v) is 7.22. The third kappa shape index (κ3) is 4.18. The number of amides is 2. The summed E-state index contributed by atoms with van der Waals surface area (Å²) < 4.78 is 1.83. The maximum atomic E-state index is 12.8. The predicted molar refractivity (Wildman–Crippen MR) is 110 cm³/mol. The highest BCUT2D eigenvalue weighted by molar-refractivity contribution is 5.95. The highest BCUT2D eigenvalue weighted by Crippen LogP contribution is 2.21. The van der Waals surface area contributed by atoms with Crippen LogP contribution in [0.5, 0.6) is 0 Å². The molecule has 0 bridgehead atoms. The third-order valence-corrected chi connectivity index (χ3v) is 5.29. The fourth-order valence-corrected chi connectivity index (χ4v) is 3.59. The highest BCUT2D eigenvalue weighted by atomic mass is 16.2. The Hall–Kier alpha value is -3.48. The van der Waals surface area contributed by atoms with Gasteiger partial charge in [0, 0.05) is 54.5 Å². The molecule has 7 nitrogen and oxygen atoms in total. The van der Waals surface area contributed by atoms with Crippen molar-refractivity contribution in [2.75, 3.05) is 18.4 Å². The molecule has 0 radical (unpaired) electrons. The van der Waals surface area contributed by atoms with Crippen LogP contribution in [0.1, 0.15) is 28.9 Å². The number of aryl methyl sites for hydroxylation is 1. The monoisotopic (exact) mass is 389 g/mol. The molecule has 29 heavy (non-hydrogen) atoms. The van der Waals surface area contributed by atoms with Gasteiger partial charge in [0.15, 0.2) is 0 Å². The molecule has 7 heteroatoms. The number of hydrogen-bond acceptors (Lipinski definition) is 4. The summed E-state index contributed by atoms with van der Waals surface area (Å²) in [5.74, 6) is -0.0821. The van der Waals surface area contributed by atoms with Gasteiger partial charge in [-0.1, -0.05) is 0 Å². The molecule has 0 saturated carbocycles. The van der Waals surface area contributed by atoms with Gasteiger partial charge in [0.25, 0.3) is 5.91 Å². The molecule has 2 aromatic heterocycles. The zero-order valence-electron chi connectivity index (χ0n) is 16.3. The van der Waals surface area contributed by atoms with Crippen molar-refractivity contribution < 1.29 is 9.59 Å². The van der Waals surface area contributed by atoms with E-state index < -0.39 is 0 Å². The lowest BCUT2D eigenvalue weighted by atomic mass is 9.95. The first-order valence-corrected chi connectivity index (χ1v) is 9.73. The average Bonchev–Trinajstić information content (AvgIpc) is 3.20. The molecule has 148 valence electrons. The van der Waals surface area contributed by atoms with Gasteiger partial charge in [-0.25, -0.2) is 4.68 Å². The second-order valence-electron chi connectivity index (χ2n) is 7.22. The van der Waals surface area contributed by atoms with Crippen LogP contribution in [0, 0.1) is 12.8 Å². The molecule has 1 fully saturated rings. The van der Waals surface area contributed by atoms with Crippen LogP contribution in [0.2, 0.25) is 0 Å². The van der Waals surface area contributed by atoms with Gasteiger partial charge in [0.2, 0.25) is 5.91 Å². The van der Waals surface area contributed by atoms with Gasteiger partial charge >= 0.3 is 0 Å². The van der Waals surface area contributed by atoms with Crippen LogP contribution < -0.4 is 5.32 Å². The summed E-state index contributed by atoms with van der Waals surface area (Å²) in [7, 11) is 0. The Balaban J connectivity index is 1.34. The quantitative estimate of drug-likeness (QED) is 0.744. The molecule has 1 N–H and O–H groups in total. The summed E-state index contributed by atoms with van der Waals surface area (Å²) in [6.07, 6.45) is 6.37. The number of aromatic nitrogens is 3. The van der Waals surface area contributed by atoms with Crippen molar-refractivity contribution in [1.82, 2.24) is 19.7 Å². The van der Waals surface area contributed by atoms with E-state index in [0.717, 1.165) is 17.1 Å². The van der Waals surface area contributed by atoms with Crippen LogP contribution in [0.4, 0.5) is 5.69 Å². The fourth-order valence-electron chi connectivity index (χ4n) is 3.59. The van der Waals surface area contributed by atoms with Crippen LogP contribution in [0.15, 0.2) is 61.1 Å². The van der Waals surface area contributed by atoms with Crippen molar-refractivity contribution in [2.24, 2.45) is 5.92 Å². The van der Waals surface area contributed by atoms with E-state index in [9.17, 15) is 9.59 Å². The smallest absolute Gasteiger partial charge is 0.253 e. The Kier molecular flexibility index (Phi) is 5.37. The Labute approximate surface area is 169 Å². The number of carbonyl (C=O) groups excluding carboxylic acids is 2. The third-order valence-electron chi connectivity index (χ3n) is 5.29. The fraction of sp³-hybridized carbons (Fsp3) is 0.273. The lowest BCUT2D eigenvalue weighted by molar-refractivity contribution is -0.121. The maximum Gasteiger partial charge on any atom is 0.253 e. The van der Waals surface area contributed by atoms with E-state index in [0.29, 0.717) is 31.5 Å². The van der Waals surface area contributed by atoms with E-state index >= 15 is 0 Å². The second kappa shape index (κ2) is 8.26. The first-order chi connectivity index (χ1) is 14.1. The van der Waals surface area contributed by atoms with E-state index in [4.69, 9.17) is 0 Å². The van der Waals surface area contributed by atoms with E-state index in [1.807, 2.05) is 46.8 Å². The van der Waals surface area contributed by atoms with Gasteiger partial charge in [0.1, 0.15) is 0 Å². The largest absolute Gasteiger partial charge is 0.339 e. The van der Waals surface area contributed by atoms with Crippen molar-refractivity contribution in [2.45, 2.75) is 19.8 Å². The van der Waals surface area contributed by atoms with Crippen molar-refractivity contribution in [1.29, 1.82) is 0 Å². The summed E-state index contributed by atoms with van der Waals surface area (Å²) in [6, 6.07) is 13.0. The zero-order valence-corrected chi connectivity index (χ0v) is 16.3. The standard InChI is InChI=1S/C22H23N5O2/c1-16-6-13-24-27(16)20-4-2-18(3-5-20)22(29)26-14-9-17(10-15-26)21(28)25-19-7-11-23-12-8-19/h2-8,11-13,17H,9-10,14-15H2,1H3,(H,23,25,28). The van der Waals surface area contributed by atoms with E-state index in [2.05, 4.69) is 15.4 Å². The molecule has 2 amide bonds. The van der Waals surface area contributed by atoms with Crippen LogP contribution in [-0.2, 0) is 4.79 Å². The zero-order chi connectivity index (χ0) is 20.2. The van der Waals surface area contributed by atoms with Crippen LogP contribution in [0.3, 0.4) is 0 Å². The Morgan fingerprint density at radius 2 is 1.66 bits per heavy atom.